The third-order valence-electron chi connectivity index (χ3n) is 6.15. The van der Waals surface area contributed by atoms with Crippen LogP contribution in [0.1, 0.15) is 51.5 Å². The Morgan fingerprint density at radius 2 is 1.59 bits per heavy atom. The molecule has 1 saturated carbocycles. The van der Waals surface area contributed by atoms with Crippen LogP contribution in [0.2, 0.25) is 0 Å². The molecule has 0 amide bonds. The van der Waals surface area contributed by atoms with E-state index in [9.17, 15) is 5.11 Å². The van der Waals surface area contributed by atoms with Crippen molar-refractivity contribution >= 4 is 0 Å². The lowest BCUT2D eigenvalue weighted by molar-refractivity contribution is -0.152. The van der Waals surface area contributed by atoms with Crippen LogP contribution in [0.3, 0.4) is 0 Å². The van der Waals surface area contributed by atoms with Gasteiger partial charge < -0.3 is 5.11 Å². The van der Waals surface area contributed by atoms with Gasteiger partial charge in [-0.2, -0.15) is 0 Å². The van der Waals surface area contributed by atoms with Gasteiger partial charge >= 0.3 is 0 Å². The molecule has 3 atom stereocenters. The lowest BCUT2D eigenvalue weighted by Crippen LogP contribution is -2.60. The molecule has 0 spiro atoms. The van der Waals surface area contributed by atoms with Crippen LogP contribution in [-0.4, -0.2) is 28.7 Å². The molecular weight excluding hydrogens is 270 g/mol. The van der Waals surface area contributed by atoms with Crippen LogP contribution in [-0.2, 0) is 6.54 Å². The lowest BCUT2D eigenvalue weighted by atomic mass is 9.63. The molecular formula is C20H31NO. The van der Waals surface area contributed by atoms with Crippen molar-refractivity contribution in [1.29, 1.82) is 0 Å². The van der Waals surface area contributed by atoms with Crippen LogP contribution in [0, 0.1) is 17.8 Å². The van der Waals surface area contributed by atoms with Gasteiger partial charge in [0.05, 0.1) is 5.60 Å². The number of nitrogens with zero attached hydrogens (tertiary/aromatic N) is 1. The second-order valence-electron chi connectivity index (χ2n) is 7.70. The van der Waals surface area contributed by atoms with Gasteiger partial charge in [-0.15, -0.1) is 0 Å². The molecule has 1 unspecified atom stereocenters. The number of piperidine rings is 1. The van der Waals surface area contributed by atoms with Gasteiger partial charge in [0.25, 0.3) is 0 Å². The minimum Gasteiger partial charge on any atom is -0.389 e. The van der Waals surface area contributed by atoms with Crippen LogP contribution in [0.15, 0.2) is 30.3 Å². The Morgan fingerprint density at radius 1 is 1.00 bits per heavy atom. The van der Waals surface area contributed by atoms with E-state index in [0.717, 1.165) is 19.6 Å². The fourth-order valence-electron chi connectivity index (χ4n) is 4.97. The van der Waals surface area contributed by atoms with Crippen molar-refractivity contribution in [1.82, 2.24) is 4.90 Å². The molecule has 1 heterocycles. The number of rotatable bonds is 3. The first-order valence-electron chi connectivity index (χ1n) is 9.09. The highest BCUT2D eigenvalue weighted by atomic mass is 16.3. The molecule has 0 aromatic heterocycles. The summed E-state index contributed by atoms with van der Waals surface area (Å²) in [7, 11) is 0. The lowest BCUT2D eigenvalue weighted by Gasteiger charge is -2.52. The number of hydrogen-bond donors (Lipinski definition) is 1. The summed E-state index contributed by atoms with van der Waals surface area (Å²) in [6.07, 6.45) is 6.42. The third kappa shape index (κ3) is 3.09. The van der Waals surface area contributed by atoms with E-state index in [0.29, 0.717) is 17.8 Å². The highest BCUT2D eigenvalue weighted by Crippen LogP contribution is 2.44. The van der Waals surface area contributed by atoms with Gasteiger partial charge in [-0.1, -0.05) is 63.4 Å². The Labute approximate surface area is 135 Å². The maximum atomic E-state index is 11.5. The summed E-state index contributed by atoms with van der Waals surface area (Å²) >= 11 is 0. The highest BCUT2D eigenvalue weighted by molar-refractivity contribution is 5.15. The molecule has 0 radical (unpaired) electrons. The first-order valence-corrected chi connectivity index (χ1v) is 9.09. The number of hydrogen-bond acceptors (Lipinski definition) is 2. The van der Waals surface area contributed by atoms with Crippen molar-refractivity contribution in [2.45, 2.75) is 58.1 Å². The van der Waals surface area contributed by atoms with Gasteiger partial charge in [0.15, 0.2) is 0 Å². The van der Waals surface area contributed by atoms with Gasteiger partial charge in [-0.05, 0) is 36.2 Å². The van der Waals surface area contributed by atoms with Gasteiger partial charge in [-0.25, -0.2) is 0 Å². The highest BCUT2D eigenvalue weighted by Gasteiger charge is 2.49. The van der Waals surface area contributed by atoms with Crippen molar-refractivity contribution in [2.75, 3.05) is 13.1 Å². The second kappa shape index (κ2) is 6.72. The summed E-state index contributed by atoms with van der Waals surface area (Å²) < 4.78 is 0. The van der Waals surface area contributed by atoms with E-state index in [1.807, 2.05) is 0 Å². The zero-order valence-corrected chi connectivity index (χ0v) is 14.2. The molecule has 1 saturated heterocycles. The first-order chi connectivity index (χ1) is 10.6. The summed E-state index contributed by atoms with van der Waals surface area (Å²) in [5.74, 6) is 1.25. The van der Waals surface area contributed by atoms with E-state index in [1.165, 1.54) is 37.7 Å². The minimum atomic E-state index is -0.451. The minimum absolute atomic E-state index is 0.364. The van der Waals surface area contributed by atoms with Crippen LogP contribution < -0.4 is 0 Å². The topological polar surface area (TPSA) is 23.5 Å². The Balaban J connectivity index is 1.68. The molecule has 1 N–H and O–H groups in total. The van der Waals surface area contributed by atoms with Crippen molar-refractivity contribution in [2.24, 2.45) is 17.8 Å². The van der Waals surface area contributed by atoms with E-state index in [4.69, 9.17) is 0 Å². The van der Waals surface area contributed by atoms with Crippen molar-refractivity contribution in [3.63, 3.8) is 0 Å². The molecule has 1 aromatic rings. The maximum absolute atomic E-state index is 11.5. The normalized spacial score (nSPS) is 34.7. The summed E-state index contributed by atoms with van der Waals surface area (Å²) in [5.41, 5.74) is 0.929. The number of likely N-dealkylation sites (tertiary alicyclic amines) is 1. The Bertz CT molecular complexity index is 454. The SMILES string of the molecule is C[C@@H]1CN(Cc2ccccc2)C[C@H](C)C1(O)C1CCCCC1. The third-order valence-corrected chi connectivity index (χ3v) is 6.15. The molecule has 22 heavy (non-hydrogen) atoms. The molecule has 0 bridgehead atoms. The van der Waals surface area contributed by atoms with Gasteiger partial charge in [0.1, 0.15) is 0 Å². The molecule has 1 aliphatic carbocycles. The summed E-state index contributed by atoms with van der Waals surface area (Å²) in [4.78, 5) is 2.53. The van der Waals surface area contributed by atoms with Crippen LogP contribution in [0.25, 0.3) is 0 Å². The van der Waals surface area contributed by atoms with Gasteiger partial charge in [0.2, 0.25) is 0 Å². The monoisotopic (exact) mass is 301 g/mol. The first kappa shape index (κ1) is 16.0. The van der Waals surface area contributed by atoms with Gasteiger partial charge in [-0.3, -0.25) is 4.90 Å². The number of benzene rings is 1. The van der Waals surface area contributed by atoms with E-state index >= 15 is 0 Å². The summed E-state index contributed by atoms with van der Waals surface area (Å²) in [6, 6.07) is 10.7. The summed E-state index contributed by atoms with van der Waals surface area (Å²) in [5, 5.41) is 11.5. The largest absolute Gasteiger partial charge is 0.389 e. The standard InChI is InChI=1S/C20H31NO/c1-16-13-21(15-18-9-5-3-6-10-18)14-17(2)20(16,22)19-11-7-4-8-12-19/h3,5-6,9-10,16-17,19,22H,4,7-8,11-15H2,1-2H3/t16-,17+,20?. The summed E-state index contributed by atoms with van der Waals surface area (Å²) in [6.45, 7) is 7.58. The van der Waals surface area contributed by atoms with Crippen LogP contribution in [0.5, 0.6) is 0 Å². The zero-order chi connectivity index (χ0) is 15.6. The molecule has 122 valence electrons. The molecule has 1 aliphatic heterocycles. The molecule has 2 fully saturated rings. The average Bonchev–Trinajstić information content (AvgIpc) is 2.54. The van der Waals surface area contributed by atoms with E-state index < -0.39 is 5.60 Å². The van der Waals surface area contributed by atoms with E-state index in [-0.39, 0.29) is 0 Å². The van der Waals surface area contributed by atoms with Gasteiger partial charge in [0, 0.05) is 19.6 Å². The Morgan fingerprint density at radius 3 is 2.18 bits per heavy atom. The average molecular weight is 301 g/mol. The fourth-order valence-corrected chi connectivity index (χ4v) is 4.97. The van der Waals surface area contributed by atoms with Crippen molar-refractivity contribution in [3.8, 4) is 0 Å². The quantitative estimate of drug-likeness (QED) is 0.909. The maximum Gasteiger partial charge on any atom is 0.0750 e. The predicted molar refractivity (Wildman–Crippen MR) is 91.6 cm³/mol. The van der Waals surface area contributed by atoms with Crippen LogP contribution in [0.4, 0.5) is 0 Å². The molecule has 2 heteroatoms. The Hall–Kier alpha value is -0.860. The van der Waals surface area contributed by atoms with E-state index in [2.05, 4.69) is 49.1 Å². The van der Waals surface area contributed by atoms with Crippen molar-refractivity contribution in [3.05, 3.63) is 35.9 Å². The number of aliphatic hydroxyl groups is 1. The Kier molecular flexibility index (Phi) is 4.89. The molecule has 2 aliphatic rings. The van der Waals surface area contributed by atoms with Crippen LogP contribution >= 0.6 is 0 Å². The second-order valence-corrected chi connectivity index (χ2v) is 7.70. The molecule has 3 rings (SSSR count). The predicted octanol–water partition coefficient (Wildman–Crippen LogP) is 4.09. The smallest absolute Gasteiger partial charge is 0.0750 e. The molecule has 1 aromatic carbocycles. The molecule has 2 nitrogen and oxygen atoms in total. The zero-order valence-electron chi connectivity index (χ0n) is 14.2. The fraction of sp³-hybridized carbons (Fsp3) is 0.700. The van der Waals surface area contributed by atoms with E-state index in [1.54, 1.807) is 0 Å². The van der Waals surface area contributed by atoms with Crippen molar-refractivity contribution < 1.29 is 5.11 Å².